The molecule has 0 aliphatic rings. The van der Waals surface area contributed by atoms with Crippen LogP contribution in [0.3, 0.4) is 0 Å². The van der Waals surface area contributed by atoms with Crippen molar-refractivity contribution in [2.45, 2.75) is 4.90 Å². The smallest absolute Gasteiger partial charge is 0.238 e. The Kier molecular flexibility index (Phi) is 3.12. The van der Waals surface area contributed by atoms with Crippen molar-refractivity contribution in [3.63, 3.8) is 0 Å². The van der Waals surface area contributed by atoms with E-state index < -0.39 is 10.0 Å². The van der Waals surface area contributed by atoms with Gasteiger partial charge in [-0.15, -0.1) is 0 Å². The Labute approximate surface area is 120 Å². The lowest BCUT2D eigenvalue weighted by Crippen LogP contribution is -2.12. The van der Waals surface area contributed by atoms with Gasteiger partial charge in [-0.2, -0.15) is 0 Å². The summed E-state index contributed by atoms with van der Waals surface area (Å²) in [4.78, 5) is 12.0. The van der Waals surface area contributed by atoms with Gasteiger partial charge in [0.1, 0.15) is 11.3 Å². The van der Waals surface area contributed by atoms with E-state index in [1.54, 1.807) is 36.4 Å². The molecule has 2 N–H and O–H groups in total. The third kappa shape index (κ3) is 2.58. The molecule has 1 aromatic heterocycles. The van der Waals surface area contributed by atoms with Gasteiger partial charge in [0.2, 0.25) is 10.0 Å². The van der Waals surface area contributed by atoms with Crippen LogP contribution in [0.1, 0.15) is 0 Å². The first-order chi connectivity index (χ1) is 9.95. The van der Waals surface area contributed by atoms with Crippen LogP contribution in [-0.2, 0) is 10.0 Å². The zero-order chi connectivity index (χ0) is 15.0. The van der Waals surface area contributed by atoms with Crippen LogP contribution in [0.2, 0.25) is 0 Å². The van der Waals surface area contributed by atoms with E-state index >= 15 is 0 Å². The molecular weight excluding hydrogens is 290 g/mol. The number of fused-ring (bicyclic) bond motifs is 1. The van der Waals surface area contributed by atoms with Gasteiger partial charge < -0.3 is 4.42 Å². The van der Waals surface area contributed by atoms with Gasteiger partial charge in [0.15, 0.2) is 5.43 Å². The second-order valence-corrected chi connectivity index (χ2v) is 6.11. The van der Waals surface area contributed by atoms with Gasteiger partial charge in [-0.25, -0.2) is 13.6 Å². The maximum absolute atomic E-state index is 12.1. The standard InChI is InChI=1S/C15H11NO4S/c16-21(18,19)11-5-3-4-10(8-11)15-9-13(17)12-6-1-2-7-14(12)20-15/h1-9H,(H2,16,18,19). The second kappa shape index (κ2) is 4.83. The molecule has 0 saturated heterocycles. The Morgan fingerprint density at radius 1 is 0.952 bits per heavy atom. The molecule has 0 spiro atoms. The molecule has 5 nitrogen and oxygen atoms in total. The van der Waals surface area contributed by atoms with E-state index in [4.69, 9.17) is 9.56 Å². The summed E-state index contributed by atoms with van der Waals surface area (Å²) >= 11 is 0. The van der Waals surface area contributed by atoms with Crippen LogP contribution < -0.4 is 10.6 Å². The highest BCUT2D eigenvalue weighted by atomic mass is 32.2. The molecule has 106 valence electrons. The predicted molar refractivity (Wildman–Crippen MR) is 79.3 cm³/mol. The van der Waals surface area contributed by atoms with Gasteiger partial charge in [0.05, 0.1) is 10.3 Å². The lowest BCUT2D eigenvalue weighted by atomic mass is 10.1. The average molecular weight is 301 g/mol. The van der Waals surface area contributed by atoms with Crippen LogP contribution in [0.4, 0.5) is 0 Å². The summed E-state index contributed by atoms with van der Waals surface area (Å²) in [7, 11) is -3.81. The monoisotopic (exact) mass is 301 g/mol. The molecule has 0 unspecified atom stereocenters. The molecule has 6 heteroatoms. The summed E-state index contributed by atoms with van der Waals surface area (Å²) < 4.78 is 28.4. The molecule has 0 amide bonds. The summed E-state index contributed by atoms with van der Waals surface area (Å²) in [5.41, 5.74) is 0.734. The topological polar surface area (TPSA) is 90.4 Å². The van der Waals surface area contributed by atoms with Crippen molar-refractivity contribution >= 4 is 21.0 Å². The van der Waals surface area contributed by atoms with Gasteiger partial charge in [-0.1, -0.05) is 24.3 Å². The third-order valence-corrected chi connectivity index (χ3v) is 3.99. The van der Waals surface area contributed by atoms with Crippen LogP contribution >= 0.6 is 0 Å². The van der Waals surface area contributed by atoms with Crippen molar-refractivity contribution in [3.05, 3.63) is 64.8 Å². The first-order valence-corrected chi connectivity index (χ1v) is 7.66. The Hall–Kier alpha value is -2.44. The van der Waals surface area contributed by atoms with Gasteiger partial charge >= 0.3 is 0 Å². The number of hydrogen-bond acceptors (Lipinski definition) is 4. The SMILES string of the molecule is NS(=O)(=O)c1cccc(-c2cc(=O)c3ccccc3o2)c1. The summed E-state index contributed by atoms with van der Waals surface area (Å²) in [5, 5.41) is 5.58. The van der Waals surface area contributed by atoms with Crippen LogP contribution in [0, 0.1) is 0 Å². The van der Waals surface area contributed by atoms with E-state index in [2.05, 4.69) is 0 Å². The van der Waals surface area contributed by atoms with E-state index in [0.29, 0.717) is 22.3 Å². The maximum Gasteiger partial charge on any atom is 0.238 e. The van der Waals surface area contributed by atoms with E-state index in [1.807, 2.05) is 0 Å². The summed E-state index contributed by atoms with van der Waals surface area (Å²) in [6.07, 6.45) is 0. The van der Waals surface area contributed by atoms with Crippen molar-refractivity contribution in [1.82, 2.24) is 0 Å². The van der Waals surface area contributed by atoms with Crippen molar-refractivity contribution in [2.24, 2.45) is 5.14 Å². The fraction of sp³-hybridized carbons (Fsp3) is 0. The molecule has 0 bridgehead atoms. The zero-order valence-electron chi connectivity index (χ0n) is 10.8. The van der Waals surface area contributed by atoms with Crippen LogP contribution in [-0.4, -0.2) is 8.42 Å². The average Bonchev–Trinajstić information content (AvgIpc) is 2.46. The third-order valence-electron chi connectivity index (χ3n) is 3.08. The van der Waals surface area contributed by atoms with Gasteiger partial charge in [-0.3, -0.25) is 4.79 Å². The Morgan fingerprint density at radius 3 is 2.48 bits per heavy atom. The van der Waals surface area contributed by atoms with Crippen LogP contribution in [0.15, 0.2) is 68.7 Å². The fourth-order valence-corrected chi connectivity index (χ4v) is 2.63. The minimum Gasteiger partial charge on any atom is -0.456 e. The maximum atomic E-state index is 12.1. The van der Waals surface area contributed by atoms with E-state index in [1.165, 1.54) is 18.2 Å². The molecule has 2 aromatic carbocycles. The molecular formula is C15H11NO4S. The first-order valence-electron chi connectivity index (χ1n) is 6.11. The minimum absolute atomic E-state index is 0.0317. The first kappa shape index (κ1) is 13.5. The van der Waals surface area contributed by atoms with Gasteiger partial charge in [-0.05, 0) is 24.3 Å². The molecule has 0 atom stereocenters. The van der Waals surface area contributed by atoms with E-state index in [0.717, 1.165) is 0 Å². The van der Waals surface area contributed by atoms with Crippen LogP contribution in [0.25, 0.3) is 22.3 Å². The molecule has 0 aliphatic carbocycles. The fourth-order valence-electron chi connectivity index (χ4n) is 2.07. The van der Waals surface area contributed by atoms with E-state index in [-0.39, 0.29) is 10.3 Å². The molecule has 21 heavy (non-hydrogen) atoms. The Balaban J connectivity index is 2.24. The van der Waals surface area contributed by atoms with Gasteiger partial charge in [0.25, 0.3) is 0 Å². The Morgan fingerprint density at radius 2 is 1.71 bits per heavy atom. The summed E-state index contributed by atoms with van der Waals surface area (Å²) in [6.45, 7) is 0. The largest absolute Gasteiger partial charge is 0.456 e. The highest BCUT2D eigenvalue weighted by Gasteiger charge is 2.11. The highest BCUT2D eigenvalue weighted by molar-refractivity contribution is 7.89. The predicted octanol–water partition coefficient (Wildman–Crippen LogP) is 2.11. The van der Waals surface area contributed by atoms with Crippen molar-refractivity contribution in [2.75, 3.05) is 0 Å². The van der Waals surface area contributed by atoms with Crippen molar-refractivity contribution in [3.8, 4) is 11.3 Å². The molecule has 3 aromatic rings. The number of primary sulfonamides is 1. The number of rotatable bonds is 2. The number of benzene rings is 2. The molecule has 0 fully saturated rings. The number of nitrogens with two attached hydrogens (primary N) is 1. The van der Waals surface area contributed by atoms with Crippen LogP contribution in [0.5, 0.6) is 0 Å². The lowest BCUT2D eigenvalue weighted by Gasteiger charge is -2.04. The molecule has 3 rings (SSSR count). The summed E-state index contributed by atoms with van der Waals surface area (Å²) in [6, 6.07) is 14.2. The van der Waals surface area contributed by atoms with Gasteiger partial charge in [0, 0.05) is 11.6 Å². The molecule has 0 saturated carbocycles. The number of para-hydroxylation sites is 1. The number of sulfonamides is 1. The molecule has 0 aliphatic heterocycles. The van der Waals surface area contributed by atoms with E-state index in [9.17, 15) is 13.2 Å². The second-order valence-electron chi connectivity index (χ2n) is 4.54. The molecule has 1 heterocycles. The summed E-state index contributed by atoms with van der Waals surface area (Å²) in [5.74, 6) is 0.296. The molecule has 0 radical (unpaired) electrons. The number of hydrogen-bond donors (Lipinski definition) is 1. The zero-order valence-corrected chi connectivity index (χ0v) is 11.6. The quantitative estimate of drug-likeness (QED) is 0.785. The Bertz CT molecular complexity index is 990. The minimum atomic E-state index is -3.81. The lowest BCUT2D eigenvalue weighted by molar-refractivity contribution is 0.597. The highest BCUT2D eigenvalue weighted by Crippen LogP contribution is 2.23. The van der Waals surface area contributed by atoms with Crippen molar-refractivity contribution in [1.29, 1.82) is 0 Å². The normalized spacial score (nSPS) is 11.7. The van der Waals surface area contributed by atoms with Crippen molar-refractivity contribution < 1.29 is 12.8 Å².